The highest BCUT2D eigenvalue weighted by Gasteiger charge is 2.11. The number of amides is 1. The molecule has 0 atom stereocenters. The average molecular weight is 317 g/mol. The normalized spacial score (nSPS) is 10.2. The van der Waals surface area contributed by atoms with Crippen LogP contribution in [-0.2, 0) is 6.54 Å². The van der Waals surface area contributed by atoms with Gasteiger partial charge in [-0.2, -0.15) is 0 Å². The number of carbonyl (C=O) groups is 1. The minimum Gasteiger partial charge on any atom is -0.493 e. The Balaban J connectivity index is 2.03. The van der Waals surface area contributed by atoms with E-state index in [-0.39, 0.29) is 12.1 Å². The van der Waals surface area contributed by atoms with E-state index in [1.54, 1.807) is 31.4 Å². The number of benzene rings is 2. The molecule has 2 aromatic carbocycles. The molecule has 0 fully saturated rings. The molecule has 0 aliphatic carbocycles. The van der Waals surface area contributed by atoms with Gasteiger partial charge in [0.05, 0.1) is 19.3 Å². The zero-order chi connectivity index (χ0) is 16.7. The van der Waals surface area contributed by atoms with Gasteiger partial charge in [0, 0.05) is 6.54 Å². The summed E-state index contributed by atoms with van der Waals surface area (Å²) in [6, 6.07) is 11.3. The second kappa shape index (κ2) is 8.17. The fraction of sp³-hybridized carbons (Fsp3) is 0.278. The van der Waals surface area contributed by atoms with Gasteiger partial charge in [0.1, 0.15) is 5.82 Å². The number of halogens is 1. The highest BCUT2D eigenvalue weighted by molar-refractivity contribution is 5.94. The van der Waals surface area contributed by atoms with Gasteiger partial charge in [0.15, 0.2) is 11.5 Å². The van der Waals surface area contributed by atoms with Crippen molar-refractivity contribution in [3.63, 3.8) is 0 Å². The Labute approximate surface area is 135 Å². The molecular formula is C18H20FNO3. The number of methoxy groups -OCH3 is 1. The third-order valence-corrected chi connectivity index (χ3v) is 3.26. The van der Waals surface area contributed by atoms with Gasteiger partial charge >= 0.3 is 0 Å². The number of hydrogen-bond donors (Lipinski definition) is 1. The van der Waals surface area contributed by atoms with Crippen molar-refractivity contribution >= 4 is 5.91 Å². The predicted molar refractivity (Wildman–Crippen MR) is 86.4 cm³/mol. The van der Waals surface area contributed by atoms with Crippen molar-refractivity contribution in [2.24, 2.45) is 0 Å². The van der Waals surface area contributed by atoms with Gasteiger partial charge in [0.25, 0.3) is 5.91 Å². The zero-order valence-corrected chi connectivity index (χ0v) is 13.3. The van der Waals surface area contributed by atoms with Gasteiger partial charge in [-0.25, -0.2) is 4.39 Å². The molecule has 0 saturated heterocycles. The molecule has 0 spiro atoms. The van der Waals surface area contributed by atoms with Gasteiger partial charge in [-0.15, -0.1) is 0 Å². The van der Waals surface area contributed by atoms with Crippen LogP contribution in [0.4, 0.5) is 4.39 Å². The fourth-order valence-corrected chi connectivity index (χ4v) is 2.08. The fourth-order valence-electron chi connectivity index (χ4n) is 2.08. The van der Waals surface area contributed by atoms with E-state index in [4.69, 9.17) is 9.47 Å². The quantitative estimate of drug-likeness (QED) is 0.849. The SMILES string of the molecule is CCCOc1ccc(CNC(=O)c2ccccc2F)cc1OC. The van der Waals surface area contributed by atoms with Crippen LogP contribution < -0.4 is 14.8 Å². The third kappa shape index (κ3) is 4.45. The van der Waals surface area contributed by atoms with E-state index in [2.05, 4.69) is 5.32 Å². The van der Waals surface area contributed by atoms with Gasteiger partial charge in [-0.1, -0.05) is 25.1 Å². The molecular weight excluding hydrogens is 297 g/mol. The first-order chi connectivity index (χ1) is 11.2. The van der Waals surface area contributed by atoms with Crippen LogP contribution in [0.5, 0.6) is 11.5 Å². The molecule has 0 saturated carbocycles. The first kappa shape index (κ1) is 16.8. The summed E-state index contributed by atoms with van der Waals surface area (Å²) >= 11 is 0. The summed E-state index contributed by atoms with van der Waals surface area (Å²) in [5, 5.41) is 2.69. The van der Waals surface area contributed by atoms with Gasteiger partial charge < -0.3 is 14.8 Å². The lowest BCUT2D eigenvalue weighted by molar-refractivity contribution is 0.0947. The number of nitrogens with one attached hydrogen (secondary N) is 1. The summed E-state index contributed by atoms with van der Waals surface area (Å²) in [6.45, 7) is 2.91. The van der Waals surface area contributed by atoms with Crippen molar-refractivity contribution in [2.45, 2.75) is 19.9 Å². The standard InChI is InChI=1S/C18H20FNO3/c1-3-10-23-16-9-8-13(11-17(16)22-2)12-20-18(21)14-6-4-5-7-15(14)19/h4-9,11H,3,10,12H2,1-2H3,(H,20,21). The topological polar surface area (TPSA) is 47.6 Å². The lowest BCUT2D eigenvalue weighted by Gasteiger charge is -2.12. The summed E-state index contributed by atoms with van der Waals surface area (Å²) in [6.07, 6.45) is 0.906. The smallest absolute Gasteiger partial charge is 0.254 e. The summed E-state index contributed by atoms with van der Waals surface area (Å²) < 4.78 is 24.4. The maximum atomic E-state index is 13.6. The van der Waals surface area contributed by atoms with E-state index in [0.717, 1.165) is 12.0 Å². The van der Waals surface area contributed by atoms with Crippen molar-refractivity contribution in [3.8, 4) is 11.5 Å². The van der Waals surface area contributed by atoms with Crippen molar-refractivity contribution in [1.29, 1.82) is 0 Å². The van der Waals surface area contributed by atoms with E-state index in [1.165, 1.54) is 12.1 Å². The Morgan fingerprint density at radius 1 is 1.17 bits per heavy atom. The van der Waals surface area contributed by atoms with E-state index in [0.29, 0.717) is 18.1 Å². The van der Waals surface area contributed by atoms with E-state index in [1.807, 2.05) is 13.0 Å². The Bertz CT molecular complexity index is 673. The van der Waals surface area contributed by atoms with Crippen LogP contribution in [0.3, 0.4) is 0 Å². The Morgan fingerprint density at radius 2 is 1.96 bits per heavy atom. The maximum absolute atomic E-state index is 13.6. The van der Waals surface area contributed by atoms with Crippen LogP contribution in [0.15, 0.2) is 42.5 Å². The van der Waals surface area contributed by atoms with Crippen LogP contribution in [0.2, 0.25) is 0 Å². The summed E-state index contributed by atoms with van der Waals surface area (Å²) in [5.74, 6) is 0.286. The molecule has 0 unspecified atom stereocenters. The molecule has 0 bridgehead atoms. The second-order valence-corrected chi connectivity index (χ2v) is 5.00. The molecule has 5 heteroatoms. The zero-order valence-electron chi connectivity index (χ0n) is 13.3. The summed E-state index contributed by atoms with van der Waals surface area (Å²) in [5.41, 5.74) is 0.873. The number of hydrogen-bond acceptors (Lipinski definition) is 3. The second-order valence-electron chi connectivity index (χ2n) is 5.00. The van der Waals surface area contributed by atoms with Crippen LogP contribution in [0.1, 0.15) is 29.3 Å². The van der Waals surface area contributed by atoms with Crippen LogP contribution in [0, 0.1) is 5.82 Å². The minimum atomic E-state index is -0.536. The number of carbonyl (C=O) groups excluding carboxylic acids is 1. The molecule has 0 aliphatic rings. The Hall–Kier alpha value is -2.56. The van der Waals surface area contributed by atoms with Crippen LogP contribution in [-0.4, -0.2) is 19.6 Å². The first-order valence-corrected chi connectivity index (χ1v) is 7.48. The Morgan fingerprint density at radius 3 is 2.65 bits per heavy atom. The summed E-state index contributed by atoms with van der Waals surface area (Å²) in [4.78, 5) is 12.0. The molecule has 1 N–H and O–H groups in total. The van der Waals surface area contributed by atoms with Gasteiger partial charge in [-0.05, 0) is 36.2 Å². The monoisotopic (exact) mass is 317 g/mol. The average Bonchev–Trinajstić information content (AvgIpc) is 2.58. The molecule has 2 aromatic rings. The van der Waals surface area contributed by atoms with Crippen molar-refractivity contribution < 1.29 is 18.7 Å². The summed E-state index contributed by atoms with van der Waals surface area (Å²) in [7, 11) is 1.57. The number of ether oxygens (including phenoxy) is 2. The molecule has 122 valence electrons. The van der Waals surface area contributed by atoms with Gasteiger partial charge in [0.2, 0.25) is 0 Å². The highest BCUT2D eigenvalue weighted by Crippen LogP contribution is 2.28. The van der Waals surface area contributed by atoms with E-state index < -0.39 is 11.7 Å². The molecule has 2 rings (SSSR count). The number of rotatable bonds is 7. The minimum absolute atomic E-state index is 0.0300. The van der Waals surface area contributed by atoms with Crippen molar-refractivity contribution in [1.82, 2.24) is 5.32 Å². The molecule has 23 heavy (non-hydrogen) atoms. The maximum Gasteiger partial charge on any atom is 0.254 e. The van der Waals surface area contributed by atoms with E-state index >= 15 is 0 Å². The molecule has 4 nitrogen and oxygen atoms in total. The van der Waals surface area contributed by atoms with Crippen LogP contribution in [0.25, 0.3) is 0 Å². The lowest BCUT2D eigenvalue weighted by atomic mass is 10.1. The lowest BCUT2D eigenvalue weighted by Crippen LogP contribution is -2.23. The highest BCUT2D eigenvalue weighted by atomic mass is 19.1. The molecule has 1 amide bonds. The third-order valence-electron chi connectivity index (χ3n) is 3.26. The van der Waals surface area contributed by atoms with Gasteiger partial charge in [-0.3, -0.25) is 4.79 Å². The van der Waals surface area contributed by atoms with Crippen molar-refractivity contribution in [2.75, 3.05) is 13.7 Å². The van der Waals surface area contributed by atoms with E-state index in [9.17, 15) is 9.18 Å². The largest absolute Gasteiger partial charge is 0.493 e. The molecule has 0 aromatic heterocycles. The predicted octanol–water partition coefficient (Wildman–Crippen LogP) is 3.55. The Kier molecular flexibility index (Phi) is 5.97. The molecule has 0 heterocycles. The van der Waals surface area contributed by atoms with Crippen LogP contribution >= 0.6 is 0 Å². The first-order valence-electron chi connectivity index (χ1n) is 7.48. The molecule has 0 radical (unpaired) electrons. The molecule has 0 aliphatic heterocycles. The van der Waals surface area contributed by atoms with Crippen molar-refractivity contribution in [3.05, 3.63) is 59.4 Å².